The largest absolute Gasteiger partial charge is 0.341 e. The lowest BCUT2D eigenvalue weighted by molar-refractivity contribution is -0.133. The molecule has 1 fully saturated rings. The number of carbonyl (C=O) groups is 2. The number of benzene rings is 1. The maximum atomic E-state index is 12.9. The minimum Gasteiger partial charge on any atom is -0.341 e. The Morgan fingerprint density at radius 2 is 2.04 bits per heavy atom. The lowest BCUT2D eigenvalue weighted by Crippen LogP contribution is -2.55. The highest BCUT2D eigenvalue weighted by molar-refractivity contribution is 8.01. The zero-order chi connectivity index (χ0) is 18.6. The number of halogens is 1. The third-order valence-corrected chi connectivity index (χ3v) is 5.69. The lowest BCUT2D eigenvalue weighted by Gasteiger charge is -2.43. The van der Waals surface area contributed by atoms with E-state index in [2.05, 4.69) is 19.2 Å². The Labute approximate surface area is 152 Å². The summed E-state index contributed by atoms with van der Waals surface area (Å²) >= 11 is 1.30. The summed E-state index contributed by atoms with van der Waals surface area (Å²) < 4.78 is 12.9. The summed E-state index contributed by atoms with van der Waals surface area (Å²) in [6.07, 6.45) is 0.793. The Bertz CT molecular complexity index is 621. The second-order valence-electron chi connectivity index (χ2n) is 7.15. The van der Waals surface area contributed by atoms with Crippen molar-refractivity contribution in [1.82, 2.24) is 4.90 Å². The van der Waals surface area contributed by atoms with E-state index in [-0.39, 0.29) is 40.1 Å². The van der Waals surface area contributed by atoms with Crippen LogP contribution in [0, 0.1) is 11.2 Å². The number of piperidine rings is 1. The zero-order valence-electron chi connectivity index (χ0n) is 14.9. The normalized spacial score (nSPS) is 20.8. The SMILES string of the molecule is CC(SCC(=O)Nc1ccc(F)cc1)C(=O)N1CCC(N)C(C)(C)C1. The summed E-state index contributed by atoms with van der Waals surface area (Å²) in [4.78, 5) is 26.4. The monoisotopic (exact) mass is 367 g/mol. The van der Waals surface area contributed by atoms with Crippen molar-refractivity contribution in [2.24, 2.45) is 11.1 Å². The van der Waals surface area contributed by atoms with E-state index in [1.807, 2.05) is 11.8 Å². The van der Waals surface area contributed by atoms with Gasteiger partial charge in [0.05, 0.1) is 11.0 Å². The van der Waals surface area contributed by atoms with Crippen molar-refractivity contribution in [3.8, 4) is 0 Å². The van der Waals surface area contributed by atoms with Gasteiger partial charge in [-0.05, 0) is 43.0 Å². The second kappa shape index (κ2) is 8.19. The van der Waals surface area contributed by atoms with E-state index in [4.69, 9.17) is 5.73 Å². The third-order valence-electron chi connectivity index (χ3n) is 4.56. The molecule has 25 heavy (non-hydrogen) atoms. The standard InChI is InChI=1S/C18H26FN3O2S/c1-12(17(24)22-9-8-15(20)18(2,3)11-22)25-10-16(23)21-14-6-4-13(19)5-7-14/h4-7,12,15H,8-11,20H2,1-3H3,(H,21,23). The van der Waals surface area contributed by atoms with E-state index < -0.39 is 0 Å². The number of nitrogens with two attached hydrogens (primary N) is 1. The summed E-state index contributed by atoms with van der Waals surface area (Å²) in [6.45, 7) is 7.27. The number of likely N-dealkylation sites (tertiary alicyclic amines) is 1. The van der Waals surface area contributed by atoms with Gasteiger partial charge in [0.1, 0.15) is 5.82 Å². The van der Waals surface area contributed by atoms with Crippen LogP contribution in [0.15, 0.2) is 24.3 Å². The summed E-state index contributed by atoms with van der Waals surface area (Å²) in [5.41, 5.74) is 6.55. The molecule has 5 nitrogen and oxygen atoms in total. The summed E-state index contributed by atoms with van der Waals surface area (Å²) in [5.74, 6) is -0.353. The average Bonchev–Trinajstić information content (AvgIpc) is 2.56. The van der Waals surface area contributed by atoms with Gasteiger partial charge in [0.25, 0.3) is 0 Å². The molecule has 1 saturated heterocycles. The lowest BCUT2D eigenvalue weighted by atomic mass is 9.79. The van der Waals surface area contributed by atoms with Gasteiger partial charge in [0, 0.05) is 24.8 Å². The molecule has 0 spiro atoms. The topological polar surface area (TPSA) is 75.4 Å². The molecule has 2 amide bonds. The van der Waals surface area contributed by atoms with Crippen LogP contribution in [0.3, 0.4) is 0 Å². The smallest absolute Gasteiger partial charge is 0.235 e. The first-order valence-corrected chi connectivity index (χ1v) is 9.45. The van der Waals surface area contributed by atoms with Crippen molar-refractivity contribution in [1.29, 1.82) is 0 Å². The number of nitrogens with zero attached hydrogens (tertiary/aromatic N) is 1. The maximum Gasteiger partial charge on any atom is 0.235 e. The summed E-state index contributed by atoms with van der Waals surface area (Å²) in [7, 11) is 0. The van der Waals surface area contributed by atoms with Crippen LogP contribution < -0.4 is 11.1 Å². The predicted octanol–water partition coefficient (Wildman–Crippen LogP) is 2.47. The van der Waals surface area contributed by atoms with Gasteiger partial charge in [0.2, 0.25) is 11.8 Å². The van der Waals surface area contributed by atoms with Crippen LogP contribution in [0.2, 0.25) is 0 Å². The molecule has 2 atom stereocenters. The number of hydrogen-bond acceptors (Lipinski definition) is 4. The Balaban J connectivity index is 1.81. The molecule has 1 aromatic carbocycles. The zero-order valence-corrected chi connectivity index (χ0v) is 15.7. The molecule has 1 aliphatic rings. The molecule has 0 radical (unpaired) electrons. The first-order chi connectivity index (χ1) is 11.7. The fourth-order valence-electron chi connectivity index (χ4n) is 2.82. The Kier molecular flexibility index (Phi) is 6.46. The first kappa shape index (κ1) is 19.7. The van der Waals surface area contributed by atoms with E-state index >= 15 is 0 Å². The van der Waals surface area contributed by atoms with Crippen molar-refractivity contribution in [2.75, 3.05) is 24.2 Å². The molecule has 1 aromatic rings. The van der Waals surface area contributed by atoms with Gasteiger partial charge in [-0.2, -0.15) is 0 Å². The average molecular weight is 367 g/mol. The summed E-state index contributed by atoms with van der Waals surface area (Å²) in [6, 6.07) is 5.69. The van der Waals surface area contributed by atoms with E-state index in [0.717, 1.165) is 6.42 Å². The molecule has 2 unspecified atom stereocenters. The highest BCUT2D eigenvalue weighted by Gasteiger charge is 2.36. The van der Waals surface area contributed by atoms with E-state index in [1.165, 1.54) is 36.0 Å². The van der Waals surface area contributed by atoms with E-state index in [1.54, 1.807) is 0 Å². The van der Waals surface area contributed by atoms with Gasteiger partial charge in [-0.25, -0.2) is 4.39 Å². The molecule has 3 N–H and O–H groups in total. The van der Waals surface area contributed by atoms with Crippen LogP contribution in [-0.2, 0) is 9.59 Å². The maximum absolute atomic E-state index is 12.9. The Morgan fingerprint density at radius 3 is 2.64 bits per heavy atom. The number of carbonyl (C=O) groups excluding carboxylic acids is 2. The van der Waals surface area contributed by atoms with Crippen LogP contribution in [0.5, 0.6) is 0 Å². The Hall–Kier alpha value is -1.60. The van der Waals surface area contributed by atoms with Crippen molar-refractivity contribution >= 4 is 29.3 Å². The van der Waals surface area contributed by atoms with Crippen LogP contribution in [0.4, 0.5) is 10.1 Å². The molecule has 0 bridgehead atoms. The molecule has 0 saturated carbocycles. The fourth-order valence-corrected chi connectivity index (χ4v) is 3.59. The summed E-state index contributed by atoms with van der Waals surface area (Å²) in [5, 5.41) is 2.39. The van der Waals surface area contributed by atoms with Crippen LogP contribution in [-0.4, -0.2) is 46.8 Å². The molecule has 138 valence electrons. The number of rotatable bonds is 5. The van der Waals surface area contributed by atoms with Gasteiger partial charge in [-0.15, -0.1) is 11.8 Å². The van der Waals surface area contributed by atoms with Gasteiger partial charge >= 0.3 is 0 Å². The Morgan fingerprint density at radius 1 is 1.40 bits per heavy atom. The minimum atomic E-state index is -0.351. The number of anilines is 1. The van der Waals surface area contributed by atoms with Crippen molar-refractivity contribution in [3.63, 3.8) is 0 Å². The molecule has 1 aliphatic heterocycles. The number of hydrogen-bond donors (Lipinski definition) is 2. The van der Waals surface area contributed by atoms with Crippen molar-refractivity contribution < 1.29 is 14.0 Å². The molecular formula is C18H26FN3O2S. The van der Waals surface area contributed by atoms with Crippen molar-refractivity contribution in [3.05, 3.63) is 30.1 Å². The molecule has 7 heteroatoms. The predicted molar refractivity (Wildman–Crippen MR) is 99.9 cm³/mol. The first-order valence-electron chi connectivity index (χ1n) is 8.40. The second-order valence-corrected chi connectivity index (χ2v) is 8.48. The van der Waals surface area contributed by atoms with Crippen molar-refractivity contribution in [2.45, 2.75) is 38.5 Å². The molecule has 0 aliphatic carbocycles. The van der Waals surface area contributed by atoms with Gasteiger partial charge in [-0.1, -0.05) is 13.8 Å². The highest BCUT2D eigenvalue weighted by atomic mass is 32.2. The molecule has 2 rings (SSSR count). The van der Waals surface area contributed by atoms with E-state index in [9.17, 15) is 14.0 Å². The van der Waals surface area contributed by atoms with E-state index in [0.29, 0.717) is 18.8 Å². The third kappa shape index (κ3) is 5.44. The number of thioether (sulfide) groups is 1. The quantitative estimate of drug-likeness (QED) is 0.838. The van der Waals surface area contributed by atoms with Gasteiger partial charge in [0.15, 0.2) is 0 Å². The van der Waals surface area contributed by atoms with Gasteiger partial charge in [-0.3, -0.25) is 9.59 Å². The van der Waals surface area contributed by atoms with Crippen LogP contribution in [0.25, 0.3) is 0 Å². The molecule has 0 aromatic heterocycles. The fraction of sp³-hybridized carbons (Fsp3) is 0.556. The van der Waals surface area contributed by atoms with Crippen LogP contribution in [0.1, 0.15) is 27.2 Å². The van der Waals surface area contributed by atoms with Crippen LogP contribution >= 0.6 is 11.8 Å². The highest BCUT2D eigenvalue weighted by Crippen LogP contribution is 2.29. The molecule has 1 heterocycles. The molecular weight excluding hydrogens is 341 g/mol. The minimum absolute atomic E-state index is 0.0413. The number of amides is 2. The van der Waals surface area contributed by atoms with Gasteiger partial charge < -0.3 is 16.0 Å². The number of nitrogens with one attached hydrogen (secondary N) is 1.